The Morgan fingerprint density at radius 3 is 1.28 bits per heavy atom. The lowest BCUT2D eigenvalue weighted by Gasteiger charge is -2.19. The Balaban J connectivity index is 0.988. The second-order valence-electron chi connectivity index (χ2n) is 13.3. The molecular weight excluding hydrogens is 702 g/mol. The first kappa shape index (κ1) is 45.2. The summed E-state index contributed by atoms with van der Waals surface area (Å²) < 4.78 is 60.0. The summed E-state index contributed by atoms with van der Waals surface area (Å²) in [6.07, 6.45) is -0.368. The van der Waals surface area contributed by atoms with E-state index in [1.165, 1.54) is 27.2 Å². The smallest absolute Gasteiger partial charge is 0.409 e. The van der Waals surface area contributed by atoms with Crippen molar-refractivity contribution >= 4 is 12.1 Å². The largest absolute Gasteiger partial charge is 0.458 e. The third kappa shape index (κ3) is 19.4. The first-order chi connectivity index (χ1) is 26.3. The summed E-state index contributed by atoms with van der Waals surface area (Å²) in [7, 11) is 1.71. The van der Waals surface area contributed by atoms with Crippen LogP contribution in [-0.4, -0.2) is 162 Å². The Labute approximate surface area is 320 Å². The number of carbonyl (C=O) groups is 2. The Kier molecular flexibility index (Phi) is 22.9. The molecule has 0 atom stereocenters. The maximum absolute atomic E-state index is 12.6. The van der Waals surface area contributed by atoms with Crippen molar-refractivity contribution in [2.45, 2.75) is 32.3 Å². The molecular formula is C40H61NO13. The molecule has 2 aromatic rings. The molecule has 14 heteroatoms. The van der Waals surface area contributed by atoms with E-state index in [-0.39, 0.29) is 18.6 Å². The van der Waals surface area contributed by atoms with Crippen molar-refractivity contribution in [3.05, 3.63) is 59.7 Å². The van der Waals surface area contributed by atoms with Gasteiger partial charge in [-0.3, -0.25) is 0 Å². The van der Waals surface area contributed by atoms with Crippen LogP contribution in [0.5, 0.6) is 0 Å². The molecule has 1 aliphatic carbocycles. The first-order valence-electron chi connectivity index (χ1n) is 18.7. The molecule has 0 saturated heterocycles. The Bertz CT molecular complexity index is 1260. The standard InChI is InChI=1S/C40H61NO13/c1-40(2,3)54-38(42)32-52-30-29-51-28-27-50-26-25-49-24-23-48-22-21-47-20-19-46-18-17-45-16-15-44-14-13-41(4)39(43)53-31-37-35-11-7-5-9-33(35)34-10-6-8-12-36(34)37/h5-12,37H,13-32H2,1-4H3. The number of ether oxygens (including phenoxy) is 11. The quantitative estimate of drug-likeness (QED) is 0.0795. The van der Waals surface area contributed by atoms with Crippen molar-refractivity contribution in [1.82, 2.24) is 4.90 Å². The van der Waals surface area contributed by atoms with E-state index in [4.69, 9.17) is 52.1 Å². The van der Waals surface area contributed by atoms with Gasteiger partial charge < -0.3 is 57.0 Å². The summed E-state index contributed by atoms with van der Waals surface area (Å²) in [5, 5.41) is 0. The third-order valence-corrected chi connectivity index (χ3v) is 7.83. The summed E-state index contributed by atoms with van der Waals surface area (Å²) in [5.74, 6) is -0.356. The molecule has 54 heavy (non-hydrogen) atoms. The zero-order valence-corrected chi connectivity index (χ0v) is 32.6. The minimum Gasteiger partial charge on any atom is -0.458 e. The molecule has 0 unspecified atom stereocenters. The van der Waals surface area contributed by atoms with E-state index in [0.29, 0.717) is 125 Å². The van der Waals surface area contributed by atoms with Gasteiger partial charge in [0.2, 0.25) is 0 Å². The molecule has 1 aliphatic rings. The maximum Gasteiger partial charge on any atom is 0.409 e. The Hall–Kier alpha value is -3.18. The number of carbonyl (C=O) groups excluding carboxylic acids is 2. The summed E-state index contributed by atoms with van der Waals surface area (Å²) in [5.41, 5.74) is 4.27. The molecule has 3 rings (SSSR count). The van der Waals surface area contributed by atoms with Crippen LogP contribution in [0, 0.1) is 0 Å². The Morgan fingerprint density at radius 1 is 0.537 bits per heavy atom. The molecule has 0 N–H and O–H groups in total. The van der Waals surface area contributed by atoms with E-state index < -0.39 is 11.6 Å². The van der Waals surface area contributed by atoms with Crippen LogP contribution in [0.15, 0.2) is 48.5 Å². The van der Waals surface area contributed by atoms with Crippen LogP contribution in [0.4, 0.5) is 4.79 Å². The van der Waals surface area contributed by atoms with E-state index >= 15 is 0 Å². The molecule has 2 aromatic carbocycles. The average molecular weight is 764 g/mol. The van der Waals surface area contributed by atoms with E-state index in [1.54, 1.807) is 7.05 Å². The number of amides is 1. The molecule has 1 amide bonds. The Morgan fingerprint density at radius 2 is 0.889 bits per heavy atom. The number of fused-ring (bicyclic) bond motifs is 3. The van der Waals surface area contributed by atoms with Crippen LogP contribution >= 0.6 is 0 Å². The van der Waals surface area contributed by atoms with Gasteiger partial charge >= 0.3 is 12.1 Å². The molecule has 0 aliphatic heterocycles. The fourth-order valence-electron chi connectivity index (χ4n) is 5.28. The van der Waals surface area contributed by atoms with Gasteiger partial charge in [-0.1, -0.05) is 48.5 Å². The molecule has 0 bridgehead atoms. The van der Waals surface area contributed by atoms with Crippen LogP contribution < -0.4 is 0 Å². The lowest BCUT2D eigenvalue weighted by atomic mass is 9.98. The number of rotatable bonds is 31. The molecule has 0 heterocycles. The average Bonchev–Trinajstić information content (AvgIpc) is 3.47. The number of hydrogen-bond acceptors (Lipinski definition) is 13. The van der Waals surface area contributed by atoms with Crippen molar-refractivity contribution < 1.29 is 61.7 Å². The van der Waals surface area contributed by atoms with E-state index in [9.17, 15) is 9.59 Å². The van der Waals surface area contributed by atoms with Crippen molar-refractivity contribution in [2.24, 2.45) is 0 Å². The predicted octanol–water partition coefficient (Wildman–Crippen LogP) is 4.36. The van der Waals surface area contributed by atoms with Gasteiger partial charge in [-0.15, -0.1) is 0 Å². The first-order valence-corrected chi connectivity index (χ1v) is 18.7. The van der Waals surface area contributed by atoms with Gasteiger partial charge in [-0.05, 0) is 43.0 Å². The van der Waals surface area contributed by atoms with Gasteiger partial charge in [0, 0.05) is 19.5 Å². The monoisotopic (exact) mass is 763 g/mol. The maximum atomic E-state index is 12.6. The SMILES string of the molecule is CN(CCOCCOCCOCCOCCOCCOCCOCCOCCOCC(=O)OC(C)(C)C)C(=O)OCC1c2ccccc2-c2ccccc21. The lowest BCUT2D eigenvalue weighted by Crippen LogP contribution is -2.32. The normalized spacial score (nSPS) is 12.4. The summed E-state index contributed by atoms with van der Waals surface area (Å²) >= 11 is 0. The number of esters is 1. The van der Waals surface area contributed by atoms with Crippen molar-refractivity contribution in [3.63, 3.8) is 0 Å². The zero-order valence-electron chi connectivity index (χ0n) is 32.6. The highest BCUT2D eigenvalue weighted by molar-refractivity contribution is 5.79. The second kappa shape index (κ2) is 27.4. The highest BCUT2D eigenvalue weighted by Crippen LogP contribution is 2.44. The van der Waals surface area contributed by atoms with Crippen molar-refractivity contribution in [1.29, 1.82) is 0 Å². The number of hydrogen-bond donors (Lipinski definition) is 0. The number of benzene rings is 2. The molecule has 0 fully saturated rings. The molecule has 0 aromatic heterocycles. The van der Waals surface area contributed by atoms with Crippen LogP contribution in [-0.2, 0) is 56.9 Å². The topological polar surface area (TPSA) is 139 Å². The highest BCUT2D eigenvalue weighted by Gasteiger charge is 2.29. The van der Waals surface area contributed by atoms with Gasteiger partial charge in [0.05, 0.1) is 112 Å². The van der Waals surface area contributed by atoms with Gasteiger partial charge in [0.15, 0.2) is 0 Å². The van der Waals surface area contributed by atoms with E-state index in [2.05, 4.69) is 24.3 Å². The van der Waals surface area contributed by atoms with E-state index in [0.717, 1.165) is 0 Å². The van der Waals surface area contributed by atoms with Crippen LogP contribution in [0.1, 0.15) is 37.8 Å². The summed E-state index contributed by atoms with van der Waals surface area (Å²) in [6.45, 7) is 13.6. The number of nitrogens with zero attached hydrogens (tertiary/aromatic N) is 1. The minimum absolute atomic E-state index is 0.0351. The van der Waals surface area contributed by atoms with Crippen LogP contribution in [0.25, 0.3) is 11.1 Å². The second-order valence-corrected chi connectivity index (χ2v) is 13.3. The van der Waals surface area contributed by atoms with Gasteiger partial charge in [0.25, 0.3) is 0 Å². The highest BCUT2D eigenvalue weighted by atomic mass is 16.6. The van der Waals surface area contributed by atoms with Crippen LogP contribution in [0.3, 0.4) is 0 Å². The van der Waals surface area contributed by atoms with Gasteiger partial charge in [-0.2, -0.15) is 0 Å². The van der Waals surface area contributed by atoms with Gasteiger partial charge in [-0.25, -0.2) is 9.59 Å². The van der Waals surface area contributed by atoms with Crippen molar-refractivity contribution in [3.8, 4) is 11.1 Å². The predicted molar refractivity (Wildman–Crippen MR) is 201 cm³/mol. The molecule has 0 spiro atoms. The van der Waals surface area contributed by atoms with E-state index in [1.807, 2.05) is 45.0 Å². The zero-order chi connectivity index (χ0) is 38.7. The fraction of sp³-hybridized carbons (Fsp3) is 0.650. The molecule has 0 saturated carbocycles. The summed E-state index contributed by atoms with van der Waals surface area (Å²) in [6, 6.07) is 16.6. The molecule has 0 radical (unpaired) electrons. The van der Waals surface area contributed by atoms with Gasteiger partial charge in [0.1, 0.15) is 18.8 Å². The molecule has 14 nitrogen and oxygen atoms in total. The van der Waals surface area contributed by atoms with Crippen molar-refractivity contribution in [2.75, 3.05) is 139 Å². The summed E-state index contributed by atoms with van der Waals surface area (Å²) in [4.78, 5) is 25.7. The minimum atomic E-state index is -0.517. The number of likely N-dealkylation sites (N-methyl/N-ethyl adjacent to an activating group) is 1. The molecule has 304 valence electrons. The third-order valence-electron chi connectivity index (χ3n) is 7.83. The lowest BCUT2D eigenvalue weighted by molar-refractivity contribution is -0.160. The fourth-order valence-corrected chi connectivity index (χ4v) is 5.28. The van der Waals surface area contributed by atoms with Crippen LogP contribution in [0.2, 0.25) is 0 Å².